The Morgan fingerprint density at radius 1 is 1.19 bits per heavy atom. The van der Waals surface area contributed by atoms with Gasteiger partial charge in [0.25, 0.3) is 0 Å². The van der Waals surface area contributed by atoms with Gasteiger partial charge < -0.3 is 15.6 Å². The van der Waals surface area contributed by atoms with Crippen LogP contribution in [-0.2, 0) is 4.79 Å². The number of aromatic nitrogens is 2. The molecule has 0 spiro atoms. The van der Waals surface area contributed by atoms with Crippen LogP contribution in [0, 0.1) is 24.7 Å². The highest BCUT2D eigenvalue weighted by Crippen LogP contribution is 2.44. The van der Waals surface area contributed by atoms with Crippen LogP contribution in [0.1, 0.15) is 62.4 Å². The van der Waals surface area contributed by atoms with Crippen molar-refractivity contribution in [1.82, 2.24) is 14.9 Å². The van der Waals surface area contributed by atoms with E-state index in [-0.39, 0.29) is 12.0 Å². The Kier molecular flexibility index (Phi) is 4.23. The van der Waals surface area contributed by atoms with Gasteiger partial charge in [0, 0.05) is 18.5 Å². The molecule has 1 aromatic carbocycles. The van der Waals surface area contributed by atoms with Crippen LogP contribution in [0.2, 0.25) is 0 Å². The molecule has 144 valence electrons. The zero-order valence-electron chi connectivity index (χ0n) is 16.2. The molecule has 5 heteroatoms. The van der Waals surface area contributed by atoms with Gasteiger partial charge in [-0.05, 0) is 75.0 Å². The number of imidazole rings is 1. The predicted octanol–water partition coefficient (Wildman–Crippen LogP) is 3.69. The third-order valence-electron chi connectivity index (χ3n) is 7.27. The number of nitrogens with zero attached hydrogens (tertiary/aromatic N) is 2. The number of aryl methyl sites for hydroxylation is 1. The Morgan fingerprint density at radius 2 is 1.96 bits per heavy atom. The summed E-state index contributed by atoms with van der Waals surface area (Å²) in [5, 5.41) is 0. The normalized spacial score (nSPS) is 33.6. The van der Waals surface area contributed by atoms with Crippen molar-refractivity contribution in [3.05, 3.63) is 29.6 Å². The number of carbonyl (C=O) groups is 1. The van der Waals surface area contributed by atoms with Crippen LogP contribution in [0.4, 0.5) is 0 Å². The van der Waals surface area contributed by atoms with Crippen molar-refractivity contribution >= 4 is 16.9 Å². The number of fused-ring (bicyclic) bond motifs is 3. The lowest BCUT2D eigenvalue weighted by Gasteiger charge is -2.44. The summed E-state index contributed by atoms with van der Waals surface area (Å²) in [6, 6.07) is 6.71. The van der Waals surface area contributed by atoms with Crippen molar-refractivity contribution < 1.29 is 4.79 Å². The van der Waals surface area contributed by atoms with E-state index >= 15 is 0 Å². The number of rotatable bonds is 2. The van der Waals surface area contributed by atoms with Gasteiger partial charge in [0.1, 0.15) is 5.82 Å². The summed E-state index contributed by atoms with van der Waals surface area (Å²) in [5.74, 6) is 2.54. The SMILES string of the molecule is Cc1ccc2nc(C3CCCN3C(=O)C3CC4CCCC(C3)C4N)[nH]c2c1. The molecule has 27 heavy (non-hydrogen) atoms. The smallest absolute Gasteiger partial charge is 0.226 e. The Morgan fingerprint density at radius 3 is 2.74 bits per heavy atom. The first-order valence-electron chi connectivity index (χ1n) is 10.6. The first kappa shape index (κ1) is 17.2. The van der Waals surface area contributed by atoms with E-state index in [0.29, 0.717) is 23.8 Å². The second-order valence-corrected chi connectivity index (χ2v) is 9.03. The van der Waals surface area contributed by atoms with Gasteiger partial charge in [0.05, 0.1) is 17.1 Å². The van der Waals surface area contributed by atoms with Crippen LogP contribution in [0.15, 0.2) is 18.2 Å². The molecule has 2 aromatic rings. The van der Waals surface area contributed by atoms with Crippen LogP contribution in [0.3, 0.4) is 0 Å². The zero-order valence-corrected chi connectivity index (χ0v) is 16.2. The van der Waals surface area contributed by atoms with Gasteiger partial charge in [0.15, 0.2) is 0 Å². The average molecular weight is 367 g/mol. The lowest BCUT2D eigenvalue weighted by atomic mass is 9.65. The minimum absolute atomic E-state index is 0.0978. The van der Waals surface area contributed by atoms with E-state index < -0.39 is 0 Å². The molecule has 1 saturated heterocycles. The summed E-state index contributed by atoms with van der Waals surface area (Å²) in [6.07, 6.45) is 7.73. The summed E-state index contributed by atoms with van der Waals surface area (Å²) in [6.45, 7) is 2.95. The zero-order chi connectivity index (χ0) is 18.5. The number of aromatic amines is 1. The van der Waals surface area contributed by atoms with Crippen molar-refractivity contribution in [1.29, 1.82) is 0 Å². The Hall–Kier alpha value is -1.88. The molecule has 3 aliphatic rings. The van der Waals surface area contributed by atoms with Crippen LogP contribution in [0.25, 0.3) is 11.0 Å². The van der Waals surface area contributed by atoms with Crippen molar-refractivity contribution in [2.24, 2.45) is 23.5 Å². The van der Waals surface area contributed by atoms with E-state index in [1.165, 1.54) is 24.8 Å². The van der Waals surface area contributed by atoms with E-state index in [2.05, 4.69) is 35.0 Å². The van der Waals surface area contributed by atoms with Crippen LogP contribution >= 0.6 is 0 Å². The van der Waals surface area contributed by atoms with E-state index in [0.717, 1.165) is 49.1 Å². The highest BCUT2D eigenvalue weighted by Gasteiger charge is 2.43. The maximum atomic E-state index is 13.4. The topological polar surface area (TPSA) is 75.0 Å². The summed E-state index contributed by atoms with van der Waals surface area (Å²) in [5.41, 5.74) is 9.72. The van der Waals surface area contributed by atoms with E-state index in [9.17, 15) is 4.79 Å². The van der Waals surface area contributed by atoms with Gasteiger partial charge in [-0.2, -0.15) is 0 Å². The quantitative estimate of drug-likeness (QED) is 0.851. The Bertz CT molecular complexity index is 845. The fourth-order valence-corrected chi connectivity index (χ4v) is 5.84. The molecule has 0 radical (unpaired) electrons. The van der Waals surface area contributed by atoms with Gasteiger partial charge in [-0.1, -0.05) is 12.5 Å². The Labute approximate surface area is 160 Å². The molecule has 1 aliphatic heterocycles. The molecule has 1 aromatic heterocycles. The number of amides is 1. The van der Waals surface area contributed by atoms with Gasteiger partial charge in [-0.3, -0.25) is 4.79 Å². The molecule has 2 saturated carbocycles. The monoisotopic (exact) mass is 366 g/mol. The Balaban J connectivity index is 1.38. The maximum absolute atomic E-state index is 13.4. The number of nitrogens with one attached hydrogen (secondary N) is 1. The maximum Gasteiger partial charge on any atom is 0.226 e. The van der Waals surface area contributed by atoms with Crippen molar-refractivity contribution in [2.75, 3.05) is 6.54 Å². The second kappa shape index (κ2) is 6.62. The number of hydrogen-bond acceptors (Lipinski definition) is 3. The second-order valence-electron chi connectivity index (χ2n) is 9.03. The first-order chi connectivity index (χ1) is 13.1. The largest absolute Gasteiger partial charge is 0.340 e. The van der Waals surface area contributed by atoms with Gasteiger partial charge in [-0.15, -0.1) is 0 Å². The van der Waals surface area contributed by atoms with Gasteiger partial charge >= 0.3 is 0 Å². The molecule has 5 rings (SSSR count). The number of hydrogen-bond donors (Lipinski definition) is 2. The summed E-state index contributed by atoms with van der Waals surface area (Å²) >= 11 is 0. The highest BCUT2D eigenvalue weighted by molar-refractivity contribution is 5.80. The van der Waals surface area contributed by atoms with Gasteiger partial charge in [0.2, 0.25) is 5.91 Å². The molecule has 2 bridgehead atoms. The molecule has 2 heterocycles. The number of H-pyrrole nitrogens is 1. The fourth-order valence-electron chi connectivity index (χ4n) is 5.84. The molecular formula is C22H30N4O. The van der Waals surface area contributed by atoms with Crippen LogP contribution in [-0.4, -0.2) is 33.4 Å². The molecule has 5 nitrogen and oxygen atoms in total. The summed E-state index contributed by atoms with van der Waals surface area (Å²) in [7, 11) is 0. The molecular weight excluding hydrogens is 336 g/mol. The van der Waals surface area contributed by atoms with Crippen molar-refractivity contribution in [2.45, 2.75) is 64.0 Å². The van der Waals surface area contributed by atoms with E-state index in [1.54, 1.807) is 0 Å². The lowest BCUT2D eigenvalue weighted by molar-refractivity contribution is -0.139. The number of benzene rings is 1. The fraction of sp³-hybridized carbons (Fsp3) is 0.636. The molecule has 2 aliphatic carbocycles. The van der Waals surface area contributed by atoms with Crippen LogP contribution < -0.4 is 5.73 Å². The third kappa shape index (κ3) is 2.96. The van der Waals surface area contributed by atoms with E-state index in [1.807, 2.05) is 0 Å². The predicted molar refractivity (Wildman–Crippen MR) is 106 cm³/mol. The molecule has 3 N–H and O–H groups in total. The molecule has 3 atom stereocenters. The lowest BCUT2D eigenvalue weighted by Crippen LogP contribution is -2.49. The average Bonchev–Trinajstić information content (AvgIpc) is 3.27. The van der Waals surface area contributed by atoms with Crippen molar-refractivity contribution in [3.8, 4) is 0 Å². The van der Waals surface area contributed by atoms with E-state index in [4.69, 9.17) is 10.7 Å². The summed E-state index contributed by atoms with van der Waals surface area (Å²) in [4.78, 5) is 23.8. The third-order valence-corrected chi connectivity index (χ3v) is 7.27. The molecule has 3 fully saturated rings. The standard InChI is InChI=1S/C22H30N4O/c1-13-7-8-17-18(10-13)25-21(24-17)19-6-3-9-26(19)22(27)16-11-14-4-2-5-15(12-16)20(14)23/h7-8,10,14-16,19-20H,2-6,9,11-12,23H2,1H3,(H,24,25). The van der Waals surface area contributed by atoms with Crippen LogP contribution in [0.5, 0.6) is 0 Å². The minimum Gasteiger partial charge on any atom is -0.340 e. The van der Waals surface area contributed by atoms with Crippen molar-refractivity contribution in [3.63, 3.8) is 0 Å². The minimum atomic E-state index is 0.0978. The molecule has 3 unspecified atom stereocenters. The highest BCUT2D eigenvalue weighted by atomic mass is 16.2. The number of carbonyl (C=O) groups excluding carboxylic acids is 1. The number of likely N-dealkylation sites (tertiary alicyclic amines) is 1. The molecule has 1 amide bonds. The van der Waals surface area contributed by atoms with Gasteiger partial charge in [-0.25, -0.2) is 4.98 Å². The number of nitrogens with two attached hydrogens (primary N) is 1. The summed E-state index contributed by atoms with van der Waals surface area (Å²) < 4.78 is 0. The first-order valence-corrected chi connectivity index (χ1v) is 10.6.